The summed E-state index contributed by atoms with van der Waals surface area (Å²) >= 11 is 0. The first-order chi connectivity index (χ1) is 14.8. The minimum atomic E-state index is -1.68. The molecule has 2 atom stereocenters. The van der Waals surface area contributed by atoms with E-state index in [1.54, 1.807) is 12.3 Å². The summed E-state index contributed by atoms with van der Waals surface area (Å²) in [6, 6.07) is 15.9. The SMILES string of the molecule is CC(C)C[C@H](NC(=O)[C@H](Cc1ccccc1)NC(=O)c1cc2ccccn2c1)B(O)O. The molecule has 8 heteroatoms. The lowest BCUT2D eigenvalue weighted by Crippen LogP contribution is -2.55. The second kappa shape index (κ2) is 10.3. The molecule has 31 heavy (non-hydrogen) atoms. The number of hydrogen-bond donors (Lipinski definition) is 4. The second-order valence-electron chi connectivity index (χ2n) is 8.14. The van der Waals surface area contributed by atoms with Crippen LogP contribution in [0.2, 0.25) is 0 Å². The van der Waals surface area contributed by atoms with E-state index in [9.17, 15) is 19.6 Å². The van der Waals surface area contributed by atoms with Crippen LogP contribution in [0, 0.1) is 5.92 Å². The summed E-state index contributed by atoms with van der Waals surface area (Å²) in [5.41, 5.74) is 2.20. The Hall–Kier alpha value is -3.10. The highest BCUT2D eigenvalue weighted by Gasteiger charge is 2.30. The van der Waals surface area contributed by atoms with Crippen molar-refractivity contribution in [1.29, 1.82) is 0 Å². The number of benzene rings is 1. The molecule has 0 saturated carbocycles. The first-order valence-corrected chi connectivity index (χ1v) is 10.4. The molecular formula is C23H28BN3O4. The summed E-state index contributed by atoms with van der Waals surface area (Å²) in [6.07, 6.45) is 4.24. The van der Waals surface area contributed by atoms with Gasteiger partial charge in [-0.25, -0.2) is 0 Å². The van der Waals surface area contributed by atoms with Crippen molar-refractivity contribution in [3.63, 3.8) is 0 Å². The zero-order valence-electron chi connectivity index (χ0n) is 17.7. The highest BCUT2D eigenvalue weighted by molar-refractivity contribution is 6.43. The summed E-state index contributed by atoms with van der Waals surface area (Å²) in [4.78, 5) is 25.9. The Labute approximate surface area is 182 Å². The quantitative estimate of drug-likeness (QED) is 0.396. The van der Waals surface area contributed by atoms with Gasteiger partial charge in [-0.15, -0.1) is 0 Å². The van der Waals surface area contributed by atoms with E-state index < -0.39 is 25.0 Å². The molecule has 3 aromatic rings. The molecule has 3 rings (SSSR count). The fourth-order valence-electron chi connectivity index (χ4n) is 3.53. The molecule has 0 aliphatic carbocycles. The van der Waals surface area contributed by atoms with Crippen LogP contribution in [0.4, 0.5) is 0 Å². The predicted octanol–water partition coefficient (Wildman–Crippen LogP) is 1.82. The fourth-order valence-corrected chi connectivity index (χ4v) is 3.53. The van der Waals surface area contributed by atoms with Gasteiger partial charge in [0.25, 0.3) is 5.91 Å². The van der Waals surface area contributed by atoms with Crippen LogP contribution in [-0.2, 0) is 11.2 Å². The van der Waals surface area contributed by atoms with Gasteiger partial charge < -0.3 is 25.1 Å². The third-order valence-electron chi connectivity index (χ3n) is 5.08. The Balaban J connectivity index is 1.79. The van der Waals surface area contributed by atoms with E-state index in [2.05, 4.69) is 10.6 Å². The Kier molecular flexibility index (Phi) is 7.49. The van der Waals surface area contributed by atoms with E-state index in [0.717, 1.165) is 11.1 Å². The molecule has 7 nitrogen and oxygen atoms in total. The van der Waals surface area contributed by atoms with Crippen LogP contribution >= 0.6 is 0 Å². The van der Waals surface area contributed by atoms with Crippen molar-refractivity contribution in [3.8, 4) is 0 Å². The van der Waals surface area contributed by atoms with Crippen molar-refractivity contribution in [2.24, 2.45) is 5.92 Å². The number of nitrogens with zero attached hydrogens (tertiary/aromatic N) is 1. The van der Waals surface area contributed by atoms with E-state index in [4.69, 9.17) is 0 Å². The lowest BCUT2D eigenvalue weighted by atomic mass is 9.75. The van der Waals surface area contributed by atoms with Crippen molar-refractivity contribution in [2.45, 2.75) is 38.7 Å². The molecule has 0 fully saturated rings. The molecule has 0 saturated heterocycles. The van der Waals surface area contributed by atoms with Gasteiger partial charge in [0.1, 0.15) is 6.04 Å². The molecule has 0 aliphatic rings. The van der Waals surface area contributed by atoms with Gasteiger partial charge in [0.05, 0.1) is 11.5 Å². The van der Waals surface area contributed by atoms with Gasteiger partial charge in [-0.05, 0) is 36.1 Å². The smallest absolute Gasteiger partial charge is 0.426 e. The number of fused-ring (bicyclic) bond motifs is 1. The lowest BCUT2D eigenvalue weighted by Gasteiger charge is -2.24. The predicted molar refractivity (Wildman–Crippen MR) is 120 cm³/mol. The van der Waals surface area contributed by atoms with Gasteiger partial charge in [-0.1, -0.05) is 50.2 Å². The molecule has 0 bridgehead atoms. The van der Waals surface area contributed by atoms with E-state index in [1.807, 2.05) is 73.0 Å². The number of rotatable bonds is 9. The maximum Gasteiger partial charge on any atom is 0.475 e. The molecule has 2 amide bonds. The van der Waals surface area contributed by atoms with Crippen LogP contribution in [0.5, 0.6) is 0 Å². The van der Waals surface area contributed by atoms with E-state index >= 15 is 0 Å². The van der Waals surface area contributed by atoms with Crippen molar-refractivity contribution >= 4 is 24.4 Å². The molecule has 0 aliphatic heterocycles. The number of aromatic nitrogens is 1. The normalized spacial score (nSPS) is 13.1. The monoisotopic (exact) mass is 421 g/mol. The molecule has 1 aromatic carbocycles. The molecule has 0 spiro atoms. The van der Waals surface area contributed by atoms with Crippen molar-refractivity contribution in [1.82, 2.24) is 15.0 Å². The van der Waals surface area contributed by atoms with Crippen LogP contribution < -0.4 is 10.6 Å². The largest absolute Gasteiger partial charge is 0.475 e. The van der Waals surface area contributed by atoms with Crippen molar-refractivity contribution in [2.75, 3.05) is 0 Å². The lowest BCUT2D eigenvalue weighted by molar-refractivity contribution is -0.123. The van der Waals surface area contributed by atoms with Gasteiger partial charge in [-0.2, -0.15) is 0 Å². The average molecular weight is 421 g/mol. The summed E-state index contributed by atoms with van der Waals surface area (Å²) in [6.45, 7) is 3.87. The van der Waals surface area contributed by atoms with Crippen molar-refractivity contribution in [3.05, 3.63) is 78.1 Å². The summed E-state index contributed by atoms with van der Waals surface area (Å²) < 4.78 is 1.84. The van der Waals surface area contributed by atoms with Crippen LogP contribution in [0.25, 0.3) is 5.52 Å². The highest BCUT2D eigenvalue weighted by atomic mass is 16.4. The number of hydrogen-bond acceptors (Lipinski definition) is 4. The second-order valence-corrected chi connectivity index (χ2v) is 8.14. The Morgan fingerprint density at radius 2 is 1.74 bits per heavy atom. The Morgan fingerprint density at radius 1 is 1.03 bits per heavy atom. The minimum Gasteiger partial charge on any atom is -0.426 e. The summed E-state index contributed by atoms with van der Waals surface area (Å²) in [5, 5.41) is 24.9. The highest BCUT2D eigenvalue weighted by Crippen LogP contribution is 2.12. The Morgan fingerprint density at radius 3 is 2.39 bits per heavy atom. The maximum absolute atomic E-state index is 13.0. The van der Waals surface area contributed by atoms with E-state index in [1.165, 1.54) is 0 Å². The van der Waals surface area contributed by atoms with Crippen LogP contribution in [-0.4, -0.2) is 45.4 Å². The average Bonchev–Trinajstić information content (AvgIpc) is 3.17. The van der Waals surface area contributed by atoms with Crippen LogP contribution in [0.3, 0.4) is 0 Å². The maximum atomic E-state index is 13.0. The zero-order chi connectivity index (χ0) is 22.4. The molecule has 2 aromatic heterocycles. The molecule has 2 heterocycles. The molecule has 0 unspecified atom stereocenters. The van der Waals surface area contributed by atoms with Crippen LogP contribution in [0.15, 0.2) is 67.0 Å². The molecule has 4 N–H and O–H groups in total. The number of carbonyl (C=O) groups excluding carboxylic acids is 2. The third kappa shape index (κ3) is 6.19. The van der Waals surface area contributed by atoms with Gasteiger partial charge in [0, 0.05) is 24.3 Å². The molecule has 0 radical (unpaired) electrons. The topological polar surface area (TPSA) is 103 Å². The van der Waals surface area contributed by atoms with E-state index in [-0.39, 0.29) is 18.2 Å². The number of carbonyl (C=O) groups is 2. The summed E-state index contributed by atoms with van der Waals surface area (Å²) in [5.74, 6) is -1.49. The molecule has 162 valence electrons. The molecular weight excluding hydrogens is 393 g/mol. The zero-order valence-corrected chi connectivity index (χ0v) is 17.7. The van der Waals surface area contributed by atoms with Gasteiger partial charge in [0.15, 0.2) is 0 Å². The number of nitrogens with one attached hydrogen (secondary N) is 2. The van der Waals surface area contributed by atoms with Crippen molar-refractivity contribution < 1.29 is 19.6 Å². The fraction of sp³-hybridized carbons (Fsp3) is 0.304. The van der Waals surface area contributed by atoms with Gasteiger partial charge in [0.2, 0.25) is 5.91 Å². The standard InChI is InChI=1S/C23H28BN3O4/c1-16(2)12-21(24(30)31)26-23(29)20(13-17-8-4-3-5-9-17)25-22(28)18-14-19-10-6-7-11-27(19)15-18/h3-11,14-16,20-21,30-31H,12-13H2,1-2H3,(H,25,28)(H,26,29)/t20-,21-/m0/s1. The first kappa shape index (κ1) is 22.6. The summed E-state index contributed by atoms with van der Waals surface area (Å²) in [7, 11) is -1.68. The first-order valence-electron chi connectivity index (χ1n) is 10.4. The minimum absolute atomic E-state index is 0.156. The number of pyridine rings is 1. The van der Waals surface area contributed by atoms with Gasteiger partial charge >= 0.3 is 7.12 Å². The van der Waals surface area contributed by atoms with Crippen LogP contribution in [0.1, 0.15) is 36.2 Å². The van der Waals surface area contributed by atoms with Gasteiger partial charge in [-0.3, -0.25) is 9.59 Å². The Bertz CT molecular complexity index is 987. The number of amides is 2. The third-order valence-corrected chi connectivity index (χ3v) is 5.08. The van der Waals surface area contributed by atoms with E-state index in [0.29, 0.717) is 12.0 Å².